The van der Waals surface area contributed by atoms with Crippen LogP contribution >= 0.6 is 0 Å². The van der Waals surface area contributed by atoms with E-state index in [-0.39, 0.29) is 0 Å². The zero-order chi connectivity index (χ0) is 12.5. The normalized spacial score (nSPS) is 10.7. The van der Waals surface area contributed by atoms with Crippen molar-refractivity contribution in [1.29, 1.82) is 0 Å². The molecule has 3 N–H and O–H groups in total. The highest BCUT2D eigenvalue weighted by Crippen LogP contribution is 2.31. The van der Waals surface area contributed by atoms with Crippen molar-refractivity contribution in [1.82, 2.24) is 4.98 Å². The molecule has 3 heteroatoms. The lowest BCUT2D eigenvalue weighted by Gasteiger charge is -2.01. The molecule has 3 rings (SSSR count). The van der Waals surface area contributed by atoms with Gasteiger partial charge in [-0.2, -0.15) is 0 Å². The third kappa shape index (κ3) is 1.57. The van der Waals surface area contributed by atoms with Gasteiger partial charge in [-0.05, 0) is 11.6 Å². The number of primary amides is 1. The molecule has 1 amide bonds. The van der Waals surface area contributed by atoms with Gasteiger partial charge in [0.05, 0.1) is 0 Å². The number of fused-ring (bicyclic) bond motifs is 1. The van der Waals surface area contributed by atoms with Crippen LogP contribution in [0.15, 0.2) is 54.6 Å². The van der Waals surface area contributed by atoms with E-state index in [0.717, 1.165) is 22.0 Å². The number of carbonyl (C=O) groups is 1. The summed E-state index contributed by atoms with van der Waals surface area (Å²) in [5, 5.41) is 1.01. The van der Waals surface area contributed by atoms with Crippen LogP contribution in [0.3, 0.4) is 0 Å². The summed E-state index contributed by atoms with van der Waals surface area (Å²) in [4.78, 5) is 14.6. The van der Waals surface area contributed by atoms with Crippen LogP contribution < -0.4 is 5.73 Å². The molecule has 0 atom stereocenters. The van der Waals surface area contributed by atoms with Gasteiger partial charge >= 0.3 is 0 Å². The van der Waals surface area contributed by atoms with Gasteiger partial charge in [0.25, 0.3) is 5.91 Å². The SMILES string of the molecule is NC(=O)c1[nH]c2ccccc2c1-c1ccccc1. The number of carbonyl (C=O) groups excluding carboxylic acids is 1. The molecule has 3 aromatic rings. The third-order valence-electron chi connectivity index (χ3n) is 3.01. The minimum atomic E-state index is -0.440. The molecule has 1 aromatic heterocycles. The second-order valence-corrected chi connectivity index (χ2v) is 4.15. The molecule has 0 saturated heterocycles. The van der Waals surface area contributed by atoms with E-state index in [0.29, 0.717) is 5.69 Å². The standard InChI is InChI=1S/C15H12N2O/c16-15(18)14-13(10-6-2-1-3-7-10)11-8-4-5-9-12(11)17-14/h1-9,17H,(H2,16,18). The summed E-state index contributed by atoms with van der Waals surface area (Å²) in [6.45, 7) is 0. The van der Waals surface area contributed by atoms with Crippen molar-refractivity contribution in [2.45, 2.75) is 0 Å². The van der Waals surface area contributed by atoms with E-state index in [1.165, 1.54) is 0 Å². The molecule has 0 aliphatic heterocycles. The Morgan fingerprint density at radius 1 is 0.944 bits per heavy atom. The predicted octanol–water partition coefficient (Wildman–Crippen LogP) is 2.93. The molecule has 0 radical (unpaired) electrons. The average molecular weight is 236 g/mol. The van der Waals surface area contributed by atoms with Crippen LogP contribution in [0, 0.1) is 0 Å². The Balaban J connectivity index is 2.38. The molecule has 0 aliphatic carbocycles. The number of hydrogen-bond acceptors (Lipinski definition) is 1. The van der Waals surface area contributed by atoms with Gasteiger partial charge in [0, 0.05) is 16.5 Å². The van der Waals surface area contributed by atoms with Crippen molar-refractivity contribution in [3.63, 3.8) is 0 Å². The second kappa shape index (κ2) is 4.04. The highest BCUT2D eigenvalue weighted by Gasteiger charge is 2.16. The Bertz CT molecular complexity index is 714. The van der Waals surface area contributed by atoms with E-state index in [2.05, 4.69) is 4.98 Å². The van der Waals surface area contributed by atoms with Crippen LogP contribution in [-0.2, 0) is 0 Å². The van der Waals surface area contributed by atoms with Crippen molar-refractivity contribution in [3.05, 3.63) is 60.3 Å². The summed E-state index contributed by atoms with van der Waals surface area (Å²) < 4.78 is 0. The molecule has 0 spiro atoms. The van der Waals surface area contributed by atoms with Gasteiger partial charge in [-0.3, -0.25) is 4.79 Å². The first-order valence-electron chi connectivity index (χ1n) is 5.73. The molecular weight excluding hydrogens is 224 g/mol. The minimum absolute atomic E-state index is 0.440. The molecule has 0 unspecified atom stereocenters. The van der Waals surface area contributed by atoms with Crippen molar-refractivity contribution in [2.75, 3.05) is 0 Å². The van der Waals surface area contributed by atoms with Gasteiger partial charge in [-0.15, -0.1) is 0 Å². The molecule has 0 fully saturated rings. The molecule has 0 aliphatic rings. The van der Waals surface area contributed by atoms with Crippen LogP contribution in [0.25, 0.3) is 22.0 Å². The van der Waals surface area contributed by atoms with Crippen LogP contribution in [0.1, 0.15) is 10.5 Å². The van der Waals surface area contributed by atoms with Gasteiger partial charge < -0.3 is 10.7 Å². The number of hydrogen-bond donors (Lipinski definition) is 2. The van der Waals surface area contributed by atoms with E-state index in [9.17, 15) is 4.79 Å². The fourth-order valence-corrected chi connectivity index (χ4v) is 2.23. The fourth-order valence-electron chi connectivity index (χ4n) is 2.23. The Hall–Kier alpha value is -2.55. The Morgan fingerprint density at radius 2 is 1.61 bits per heavy atom. The van der Waals surface area contributed by atoms with Crippen LogP contribution in [0.4, 0.5) is 0 Å². The zero-order valence-corrected chi connectivity index (χ0v) is 9.68. The monoisotopic (exact) mass is 236 g/mol. The quantitative estimate of drug-likeness (QED) is 0.706. The number of H-pyrrole nitrogens is 1. The van der Waals surface area contributed by atoms with Crippen molar-refractivity contribution in [3.8, 4) is 11.1 Å². The van der Waals surface area contributed by atoms with Crippen molar-refractivity contribution < 1.29 is 4.79 Å². The maximum absolute atomic E-state index is 11.6. The third-order valence-corrected chi connectivity index (χ3v) is 3.01. The highest BCUT2D eigenvalue weighted by atomic mass is 16.1. The Morgan fingerprint density at radius 3 is 2.33 bits per heavy atom. The number of nitrogens with one attached hydrogen (secondary N) is 1. The van der Waals surface area contributed by atoms with E-state index in [1.807, 2.05) is 54.6 Å². The summed E-state index contributed by atoms with van der Waals surface area (Å²) in [6.07, 6.45) is 0. The zero-order valence-electron chi connectivity index (χ0n) is 9.68. The van der Waals surface area contributed by atoms with E-state index in [4.69, 9.17) is 5.73 Å². The summed E-state index contributed by atoms with van der Waals surface area (Å²) >= 11 is 0. The molecule has 18 heavy (non-hydrogen) atoms. The number of aromatic amines is 1. The number of amides is 1. The van der Waals surface area contributed by atoms with Crippen molar-refractivity contribution in [2.24, 2.45) is 5.73 Å². The molecule has 0 saturated carbocycles. The summed E-state index contributed by atoms with van der Waals surface area (Å²) in [6, 6.07) is 17.6. The van der Waals surface area contributed by atoms with Gasteiger partial charge in [0.1, 0.15) is 5.69 Å². The lowest BCUT2D eigenvalue weighted by molar-refractivity contribution is 0.0997. The lowest BCUT2D eigenvalue weighted by atomic mass is 10.0. The summed E-state index contributed by atoms with van der Waals surface area (Å²) in [7, 11) is 0. The number of nitrogens with two attached hydrogens (primary N) is 1. The van der Waals surface area contributed by atoms with E-state index < -0.39 is 5.91 Å². The maximum atomic E-state index is 11.6. The number of benzene rings is 2. The van der Waals surface area contributed by atoms with Crippen LogP contribution in [-0.4, -0.2) is 10.9 Å². The van der Waals surface area contributed by atoms with Crippen LogP contribution in [0.2, 0.25) is 0 Å². The number of para-hydroxylation sites is 1. The molecule has 2 aromatic carbocycles. The van der Waals surface area contributed by atoms with Gasteiger partial charge in [-0.25, -0.2) is 0 Å². The Kier molecular flexibility index (Phi) is 2.38. The topological polar surface area (TPSA) is 58.9 Å². The van der Waals surface area contributed by atoms with Crippen LogP contribution in [0.5, 0.6) is 0 Å². The van der Waals surface area contributed by atoms with E-state index in [1.54, 1.807) is 0 Å². The lowest BCUT2D eigenvalue weighted by Crippen LogP contribution is -2.12. The molecule has 1 heterocycles. The first-order chi connectivity index (χ1) is 8.77. The molecule has 3 nitrogen and oxygen atoms in total. The predicted molar refractivity (Wildman–Crippen MR) is 72.3 cm³/mol. The second-order valence-electron chi connectivity index (χ2n) is 4.15. The first-order valence-corrected chi connectivity index (χ1v) is 5.73. The average Bonchev–Trinajstić information content (AvgIpc) is 2.79. The smallest absolute Gasteiger partial charge is 0.265 e. The molecular formula is C15H12N2O. The van der Waals surface area contributed by atoms with Gasteiger partial charge in [-0.1, -0.05) is 48.5 Å². The highest BCUT2D eigenvalue weighted by molar-refractivity contribution is 6.09. The number of rotatable bonds is 2. The largest absolute Gasteiger partial charge is 0.364 e. The summed E-state index contributed by atoms with van der Waals surface area (Å²) in [5.74, 6) is -0.440. The Labute approximate surface area is 104 Å². The summed E-state index contributed by atoms with van der Waals surface area (Å²) in [5.41, 5.74) is 8.69. The maximum Gasteiger partial charge on any atom is 0.265 e. The van der Waals surface area contributed by atoms with Gasteiger partial charge in [0.15, 0.2) is 0 Å². The number of aromatic nitrogens is 1. The minimum Gasteiger partial charge on any atom is -0.364 e. The molecule has 0 bridgehead atoms. The molecule has 88 valence electrons. The van der Waals surface area contributed by atoms with Gasteiger partial charge in [0.2, 0.25) is 0 Å². The van der Waals surface area contributed by atoms with E-state index >= 15 is 0 Å². The fraction of sp³-hybridized carbons (Fsp3) is 0. The van der Waals surface area contributed by atoms with Crippen molar-refractivity contribution >= 4 is 16.8 Å². The first kappa shape index (κ1) is 10.6.